The second-order valence-electron chi connectivity index (χ2n) is 6.10. The highest BCUT2D eigenvalue weighted by atomic mass is 32.2. The zero-order chi connectivity index (χ0) is 18.4. The number of carbonyl (C=O) groups is 1. The van der Waals surface area contributed by atoms with Crippen molar-refractivity contribution in [2.75, 3.05) is 6.54 Å². The summed E-state index contributed by atoms with van der Waals surface area (Å²) in [6, 6.07) is 7.90. The number of carbonyl (C=O) groups excluding carboxylic acids is 1. The lowest BCUT2D eigenvalue weighted by atomic mass is 9.85. The largest absolute Gasteiger partial charge is 0.272 e. The second-order valence-corrected chi connectivity index (χ2v) is 7.87. The monoisotopic (exact) mass is 361 g/mol. The molecule has 0 bridgehead atoms. The van der Waals surface area contributed by atoms with Crippen molar-refractivity contribution >= 4 is 21.6 Å². The number of hydrogen-bond acceptors (Lipinski definition) is 4. The summed E-state index contributed by atoms with van der Waals surface area (Å²) in [5.41, 5.74) is 5.31. The Morgan fingerprint density at radius 1 is 1.32 bits per heavy atom. The maximum absolute atomic E-state index is 12.1. The van der Waals surface area contributed by atoms with E-state index in [1.165, 1.54) is 12.1 Å². The topological polar surface area (TPSA) is 87.6 Å². The van der Waals surface area contributed by atoms with Crippen molar-refractivity contribution in [1.29, 1.82) is 0 Å². The van der Waals surface area contributed by atoms with Gasteiger partial charge in [0.1, 0.15) is 0 Å². The molecule has 6 nitrogen and oxygen atoms in total. The average Bonchev–Trinajstić information content (AvgIpc) is 2.60. The van der Waals surface area contributed by atoms with Gasteiger partial charge in [-0.3, -0.25) is 4.79 Å². The van der Waals surface area contributed by atoms with E-state index in [-0.39, 0.29) is 11.4 Å². The van der Waals surface area contributed by atoms with Crippen LogP contribution in [0.15, 0.2) is 64.1 Å². The predicted octanol–water partition coefficient (Wildman–Crippen LogP) is 2.37. The van der Waals surface area contributed by atoms with E-state index in [1.807, 2.05) is 13.8 Å². The Morgan fingerprint density at radius 3 is 2.64 bits per heavy atom. The average molecular weight is 361 g/mol. The van der Waals surface area contributed by atoms with E-state index in [2.05, 4.69) is 27.9 Å². The molecule has 25 heavy (non-hydrogen) atoms. The maximum Gasteiger partial charge on any atom is 0.255 e. The molecule has 0 radical (unpaired) electrons. The Labute approximate surface area is 148 Å². The minimum absolute atomic E-state index is 0.115. The van der Waals surface area contributed by atoms with Gasteiger partial charge in [0.05, 0.1) is 17.2 Å². The summed E-state index contributed by atoms with van der Waals surface area (Å²) in [7, 11) is -3.71. The fourth-order valence-electron chi connectivity index (χ4n) is 2.44. The summed E-state index contributed by atoms with van der Waals surface area (Å²) in [6.45, 7) is 7.52. The van der Waals surface area contributed by atoms with Gasteiger partial charge in [0.15, 0.2) is 0 Å². The van der Waals surface area contributed by atoms with Crippen molar-refractivity contribution in [3.63, 3.8) is 0 Å². The number of allylic oxidation sites excluding steroid dienone is 3. The predicted molar refractivity (Wildman–Crippen MR) is 98.5 cm³/mol. The summed E-state index contributed by atoms with van der Waals surface area (Å²) in [5.74, 6) is -0.201. The van der Waals surface area contributed by atoms with Crippen LogP contribution in [-0.4, -0.2) is 26.6 Å². The van der Waals surface area contributed by atoms with Crippen LogP contribution in [-0.2, 0) is 14.8 Å². The van der Waals surface area contributed by atoms with Crippen LogP contribution in [0.5, 0.6) is 0 Å². The first kappa shape index (κ1) is 19.1. The highest BCUT2D eigenvalue weighted by Gasteiger charge is 2.19. The first-order valence-corrected chi connectivity index (χ1v) is 9.50. The van der Waals surface area contributed by atoms with Gasteiger partial charge in [-0.2, -0.15) is 5.10 Å². The molecule has 1 aliphatic rings. The molecular formula is C18H23N3O3S. The molecule has 1 atom stereocenters. The Hall–Kier alpha value is -2.25. The summed E-state index contributed by atoms with van der Waals surface area (Å²) < 4.78 is 26.4. The molecule has 0 aromatic heterocycles. The number of nitrogens with zero attached hydrogens (tertiary/aromatic N) is 1. The normalized spacial score (nSPS) is 19.4. The lowest BCUT2D eigenvalue weighted by Crippen LogP contribution is -2.35. The van der Waals surface area contributed by atoms with Gasteiger partial charge in [0.25, 0.3) is 5.91 Å². The molecule has 0 saturated heterocycles. The third-order valence-corrected chi connectivity index (χ3v) is 5.51. The molecule has 0 aliphatic heterocycles. The maximum atomic E-state index is 12.1. The molecule has 0 heterocycles. The number of amides is 1. The molecule has 2 rings (SSSR count). The molecule has 0 saturated carbocycles. The molecule has 1 amide bonds. The van der Waals surface area contributed by atoms with Gasteiger partial charge < -0.3 is 0 Å². The van der Waals surface area contributed by atoms with Gasteiger partial charge >= 0.3 is 0 Å². The first-order valence-electron chi connectivity index (χ1n) is 8.02. The summed E-state index contributed by atoms with van der Waals surface area (Å²) in [6.07, 6.45) is 3.71. The quantitative estimate of drug-likeness (QED) is 0.602. The van der Waals surface area contributed by atoms with Crippen LogP contribution < -0.4 is 10.1 Å². The summed E-state index contributed by atoms with van der Waals surface area (Å²) >= 11 is 0. The van der Waals surface area contributed by atoms with E-state index in [4.69, 9.17) is 0 Å². The minimum Gasteiger partial charge on any atom is -0.272 e. The van der Waals surface area contributed by atoms with Crippen LogP contribution in [0, 0.1) is 5.92 Å². The van der Waals surface area contributed by atoms with Crippen LogP contribution in [0.2, 0.25) is 0 Å². The number of sulfonamides is 1. The Balaban J connectivity index is 1.93. The van der Waals surface area contributed by atoms with Crippen LogP contribution in [0.3, 0.4) is 0 Å². The third-order valence-electron chi connectivity index (χ3n) is 4.09. The SMILES string of the molecule is C=C(C)[C@H]1CC=C(C)C(=NNC(=O)CNS(=O)(=O)c2ccccc2)C1. The molecule has 7 heteroatoms. The van der Waals surface area contributed by atoms with Crippen LogP contribution >= 0.6 is 0 Å². The molecule has 0 spiro atoms. The first-order chi connectivity index (χ1) is 11.8. The second kappa shape index (κ2) is 8.22. The van der Waals surface area contributed by atoms with Crippen LogP contribution in [0.4, 0.5) is 0 Å². The molecule has 0 fully saturated rings. The standard InChI is InChI=1S/C18H23N3O3S/c1-13(2)15-10-9-14(3)17(11-15)20-21-18(22)12-19-25(23,24)16-7-5-4-6-8-16/h4-9,15,19H,1,10-12H2,2-3H3,(H,21,22)/t15-/m0/s1. The molecule has 1 aliphatic carbocycles. The van der Waals surface area contributed by atoms with E-state index in [9.17, 15) is 13.2 Å². The zero-order valence-electron chi connectivity index (χ0n) is 14.5. The van der Waals surface area contributed by atoms with Crippen molar-refractivity contribution in [3.05, 3.63) is 54.1 Å². The Morgan fingerprint density at radius 2 is 2.00 bits per heavy atom. The van der Waals surface area contributed by atoms with E-state index >= 15 is 0 Å². The third kappa shape index (κ3) is 5.37. The lowest BCUT2D eigenvalue weighted by Gasteiger charge is -2.22. The van der Waals surface area contributed by atoms with Gasteiger partial charge in [-0.25, -0.2) is 18.6 Å². The van der Waals surface area contributed by atoms with Gasteiger partial charge in [-0.15, -0.1) is 0 Å². The molecular weight excluding hydrogens is 338 g/mol. The van der Waals surface area contributed by atoms with Crippen LogP contribution in [0.25, 0.3) is 0 Å². The molecule has 1 aromatic carbocycles. The van der Waals surface area contributed by atoms with Gasteiger partial charge in [0.2, 0.25) is 10.0 Å². The molecule has 2 N–H and O–H groups in total. The van der Waals surface area contributed by atoms with Crippen molar-refractivity contribution in [1.82, 2.24) is 10.1 Å². The number of hydrogen-bond donors (Lipinski definition) is 2. The van der Waals surface area contributed by atoms with E-state index in [1.54, 1.807) is 18.2 Å². The minimum atomic E-state index is -3.71. The van der Waals surface area contributed by atoms with Crippen molar-refractivity contribution in [3.8, 4) is 0 Å². The highest BCUT2D eigenvalue weighted by molar-refractivity contribution is 7.89. The number of nitrogens with one attached hydrogen (secondary N) is 2. The summed E-state index contributed by atoms with van der Waals surface area (Å²) in [5, 5.41) is 4.14. The molecule has 1 aromatic rings. The number of benzene rings is 1. The zero-order valence-corrected chi connectivity index (χ0v) is 15.3. The fourth-order valence-corrected chi connectivity index (χ4v) is 3.44. The lowest BCUT2D eigenvalue weighted by molar-refractivity contribution is -0.119. The smallest absolute Gasteiger partial charge is 0.255 e. The van der Waals surface area contributed by atoms with Gasteiger partial charge in [-0.1, -0.05) is 36.4 Å². The van der Waals surface area contributed by atoms with E-state index < -0.39 is 15.9 Å². The Bertz CT molecular complexity index is 811. The highest BCUT2D eigenvalue weighted by Crippen LogP contribution is 2.26. The Kier molecular flexibility index (Phi) is 6.27. The number of rotatable bonds is 6. The molecule has 0 unspecified atom stereocenters. The van der Waals surface area contributed by atoms with Crippen molar-refractivity contribution in [2.45, 2.75) is 31.6 Å². The summed E-state index contributed by atoms with van der Waals surface area (Å²) in [4.78, 5) is 12.0. The van der Waals surface area contributed by atoms with E-state index in [0.29, 0.717) is 12.3 Å². The van der Waals surface area contributed by atoms with Crippen LogP contribution in [0.1, 0.15) is 26.7 Å². The van der Waals surface area contributed by atoms with Crippen molar-refractivity contribution < 1.29 is 13.2 Å². The van der Waals surface area contributed by atoms with Gasteiger partial charge in [-0.05, 0) is 50.3 Å². The fraction of sp³-hybridized carbons (Fsp3) is 0.333. The van der Waals surface area contributed by atoms with Crippen molar-refractivity contribution in [2.24, 2.45) is 11.0 Å². The molecule has 134 valence electrons. The van der Waals surface area contributed by atoms with E-state index in [0.717, 1.165) is 23.3 Å². The number of hydrazone groups is 1. The van der Waals surface area contributed by atoms with Gasteiger partial charge in [0, 0.05) is 0 Å².